The van der Waals surface area contributed by atoms with Crippen molar-refractivity contribution < 1.29 is 33.3 Å². The lowest BCUT2D eigenvalue weighted by atomic mass is 10.2. The molecular weight excluding hydrogens is 344 g/mol. The lowest BCUT2D eigenvalue weighted by Crippen LogP contribution is -2.46. The van der Waals surface area contributed by atoms with Crippen LogP contribution in [-0.2, 0) is 28.2 Å². The van der Waals surface area contributed by atoms with Crippen LogP contribution in [0.5, 0.6) is 0 Å². The van der Waals surface area contributed by atoms with E-state index in [0.29, 0.717) is 0 Å². The Kier molecular flexibility index (Phi) is 9.28. The summed E-state index contributed by atoms with van der Waals surface area (Å²) in [6.07, 6.45) is -4.10. The Hall–Kier alpha value is -0.963. The highest BCUT2D eigenvalue weighted by Gasteiger charge is 2.40. The highest BCUT2D eigenvalue weighted by atomic mass is 28.4. The van der Waals surface area contributed by atoms with E-state index in [9.17, 15) is 14.7 Å². The molecule has 1 N–H and O–H groups in total. The average Bonchev–Trinajstić information content (AvgIpc) is 2.45. The van der Waals surface area contributed by atoms with Crippen LogP contribution in [0.1, 0.15) is 48.5 Å². The monoisotopic (exact) mass is 378 g/mol. The molecule has 4 atom stereocenters. The molecule has 0 aromatic heterocycles. The van der Waals surface area contributed by atoms with Crippen molar-refractivity contribution in [2.45, 2.75) is 91.2 Å². The van der Waals surface area contributed by atoms with Crippen molar-refractivity contribution in [1.82, 2.24) is 0 Å². The predicted octanol–water partition coefficient (Wildman–Crippen LogP) is 2.62. The van der Waals surface area contributed by atoms with Crippen LogP contribution in [0.2, 0.25) is 18.1 Å². The molecule has 0 amide bonds. The molecule has 1 unspecified atom stereocenters. The summed E-state index contributed by atoms with van der Waals surface area (Å²) in [5.41, 5.74) is 0. The normalized spacial score (nSPS) is 17.4. The van der Waals surface area contributed by atoms with Crippen LogP contribution in [0.25, 0.3) is 0 Å². The van der Waals surface area contributed by atoms with Gasteiger partial charge >= 0.3 is 11.9 Å². The van der Waals surface area contributed by atoms with Gasteiger partial charge in [-0.25, -0.2) is 9.59 Å². The summed E-state index contributed by atoms with van der Waals surface area (Å²) < 4.78 is 21.1. The number of carbonyl (C=O) groups is 2. The smallest absolute Gasteiger partial charge is 0.335 e. The number of aliphatic hydroxyl groups is 1. The van der Waals surface area contributed by atoms with E-state index in [4.69, 9.17) is 18.6 Å². The third-order valence-electron chi connectivity index (χ3n) is 4.28. The topological polar surface area (TPSA) is 91.3 Å². The van der Waals surface area contributed by atoms with Crippen molar-refractivity contribution >= 4 is 20.3 Å². The Labute approximate surface area is 152 Å². The van der Waals surface area contributed by atoms with Crippen molar-refractivity contribution in [3.63, 3.8) is 0 Å². The Morgan fingerprint density at radius 2 is 1.56 bits per heavy atom. The maximum atomic E-state index is 12.2. The minimum absolute atomic E-state index is 0.0369. The highest BCUT2D eigenvalue weighted by Crippen LogP contribution is 2.37. The fraction of sp³-hybridized carbons (Fsp3) is 0.882. The summed E-state index contributed by atoms with van der Waals surface area (Å²) >= 11 is 0. The highest BCUT2D eigenvalue weighted by molar-refractivity contribution is 6.74. The molecule has 0 aromatic rings. The molecule has 0 radical (unpaired) electrons. The summed E-state index contributed by atoms with van der Waals surface area (Å²) in [6, 6.07) is 0. The SMILES string of the molecule is CCOC(=O)[C@H](C)OC(O)[C@H](C)OC(=O)[C@@H](C)O[Si](C)(C)C(C)(C)C. The van der Waals surface area contributed by atoms with Gasteiger partial charge < -0.3 is 23.7 Å². The van der Waals surface area contributed by atoms with Crippen LogP contribution in [0.3, 0.4) is 0 Å². The van der Waals surface area contributed by atoms with E-state index in [1.807, 2.05) is 13.1 Å². The Balaban J connectivity index is 4.60. The van der Waals surface area contributed by atoms with Gasteiger partial charge in [-0.2, -0.15) is 0 Å². The second kappa shape index (κ2) is 9.66. The molecule has 0 rings (SSSR count). The minimum atomic E-state index is -2.12. The van der Waals surface area contributed by atoms with Gasteiger partial charge in [-0.05, 0) is 45.8 Å². The van der Waals surface area contributed by atoms with Crippen LogP contribution >= 0.6 is 0 Å². The maximum absolute atomic E-state index is 12.2. The molecule has 0 aromatic carbocycles. The summed E-state index contributed by atoms with van der Waals surface area (Å²) in [7, 11) is -2.12. The minimum Gasteiger partial charge on any atom is -0.464 e. The molecule has 0 aliphatic heterocycles. The van der Waals surface area contributed by atoms with Crippen LogP contribution in [-0.4, -0.2) is 56.6 Å². The zero-order valence-corrected chi connectivity index (χ0v) is 17.9. The van der Waals surface area contributed by atoms with Crippen LogP contribution in [0.15, 0.2) is 0 Å². The predicted molar refractivity (Wildman–Crippen MR) is 96.5 cm³/mol. The number of ether oxygens (including phenoxy) is 3. The van der Waals surface area contributed by atoms with E-state index in [-0.39, 0.29) is 11.6 Å². The first-order valence-electron chi connectivity index (χ1n) is 8.61. The molecule has 7 nitrogen and oxygen atoms in total. The molecule has 0 saturated heterocycles. The summed E-state index contributed by atoms with van der Waals surface area (Å²) in [4.78, 5) is 23.7. The van der Waals surface area contributed by atoms with E-state index in [2.05, 4.69) is 20.8 Å². The van der Waals surface area contributed by atoms with E-state index < -0.39 is 44.9 Å². The Morgan fingerprint density at radius 1 is 1.04 bits per heavy atom. The first-order chi connectivity index (χ1) is 11.2. The summed E-state index contributed by atoms with van der Waals surface area (Å²) in [5, 5.41) is 9.92. The lowest BCUT2D eigenvalue weighted by Gasteiger charge is -2.38. The molecule has 0 fully saturated rings. The lowest BCUT2D eigenvalue weighted by molar-refractivity contribution is -0.210. The molecule has 0 saturated carbocycles. The molecule has 148 valence electrons. The Bertz CT molecular complexity index is 445. The van der Waals surface area contributed by atoms with Crippen molar-refractivity contribution in [1.29, 1.82) is 0 Å². The van der Waals surface area contributed by atoms with Gasteiger partial charge in [0.2, 0.25) is 0 Å². The van der Waals surface area contributed by atoms with Crippen LogP contribution < -0.4 is 0 Å². The molecule has 8 heteroatoms. The zero-order chi connectivity index (χ0) is 20.0. The van der Waals surface area contributed by atoms with E-state index >= 15 is 0 Å². The molecule has 0 aliphatic carbocycles. The first kappa shape index (κ1) is 24.0. The van der Waals surface area contributed by atoms with Crippen LogP contribution in [0.4, 0.5) is 0 Å². The van der Waals surface area contributed by atoms with Crippen molar-refractivity contribution in [3.8, 4) is 0 Å². The van der Waals surface area contributed by atoms with Gasteiger partial charge in [0.25, 0.3) is 0 Å². The van der Waals surface area contributed by atoms with Crippen molar-refractivity contribution in [3.05, 3.63) is 0 Å². The number of carbonyl (C=O) groups excluding carboxylic acids is 2. The standard InChI is InChI=1S/C17H34O7Si/c1-10-21-14(18)11(2)22-15(19)12(3)23-16(20)13(4)24-25(8,9)17(5,6)7/h11-13,15,19H,10H2,1-9H3/t11-,12-,13+,15?/m0/s1. The van der Waals surface area contributed by atoms with Crippen LogP contribution in [0, 0.1) is 0 Å². The Morgan fingerprint density at radius 3 is 2.00 bits per heavy atom. The number of hydrogen-bond acceptors (Lipinski definition) is 7. The third-order valence-corrected chi connectivity index (χ3v) is 8.83. The van der Waals surface area contributed by atoms with Crippen molar-refractivity contribution in [2.24, 2.45) is 0 Å². The number of aliphatic hydroxyl groups excluding tert-OH is 1. The molecule has 0 aliphatic rings. The fourth-order valence-electron chi connectivity index (χ4n) is 1.64. The maximum Gasteiger partial charge on any atom is 0.335 e. The third kappa shape index (κ3) is 7.85. The molecule has 0 heterocycles. The zero-order valence-electron chi connectivity index (χ0n) is 16.9. The number of rotatable bonds is 9. The van der Waals surface area contributed by atoms with Gasteiger partial charge in [0.1, 0.15) is 12.2 Å². The summed E-state index contributed by atoms with van der Waals surface area (Å²) in [5.74, 6) is -1.17. The second-order valence-corrected chi connectivity index (χ2v) is 12.3. The molecule has 25 heavy (non-hydrogen) atoms. The van der Waals surface area contributed by atoms with Gasteiger partial charge in [0.15, 0.2) is 20.7 Å². The van der Waals surface area contributed by atoms with Crippen molar-refractivity contribution in [2.75, 3.05) is 6.61 Å². The number of hydrogen-bond donors (Lipinski definition) is 1. The van der Waals surface area contributed by atoms with E-state index in [0.717, 1.165) is 0 Å². The molecule has 0 spiro atoms. The fourth-order valence-corrected chi connectivity index (χ4v) is 2.97. The summed E-state index contributed by atoms with van der Waals surface area (Å²) in [6.45, 7) is 16.8. The van der Waals surface area contributed by atoms with Gasteiger partial charge in [-0.15, -0.1) is 0 Å². The van der Waals surface area contributed by atoms with Gasteiger partial charge in [0, 0.05) is 0 Å². The van der Waals surface area contributed by atoms with E-state index in [1.54, 1.807) is 13.8 Å². The van der Waals surface area contributed by atoms with E-state index in [1.165, 1.54) is 13.8 Å². The molecule has 0 bridgehead atoms. The number of esters is 2. The van der Waals surface area contributed by atoms with Gasteiger partial charge in [-0.3, -0.25) is 0 Å². The first-order valence-corrected chi connectivity index (χ1v) is 11.5. The quantitative estimate of drug-likeness (QED) is 0.374. The average molecular weight is 379 g/mol. The van der Waals surface area contributed by atoms with Gasteiger partial charge in [-0.1, -0.05) is 20.8 Å². The van der Waals surface area contributed by atoms with Gasteiger partial charge in [0.05, 0.1) is 6.61 Å². The largest absolute Gasteiger partial charge is 0.464 e. The molecular formula is C17H34O7Si. The second-order valence-electron chi connectivity index (χ2n) is 7.58.